The highest BCUT2D eigenvalue weighted by molar-refractivity contribution is 14.0. The Morgan fingerprint density at radius 1 is 1.20 bits per heavy atom. The Hall–Kier alpha value is -1.88. The Morgan fingerprint density at radius 2 is 2.00 bits per heavy atom. The number of para-hydroxylation sites is 1. The molecule has 30 heavy (non-hydrogen) atoms. The Balaban J connectivity index is 0.00000256. The molecular weight excluding hydrogens is 509 g/mol. The van der Waals surface area contributed by atoms with E-state index in [2.05, 4.69) is 73.6 Å². The molecule has 0 amide bonds. The summed E-state index contributed by atoms with van der Waals surface area (Å²) in [5, 5.41) is 5.76. The fraction of sp³-hybridized carbons (Fsp3) is 0.476. The monoisotopic (exact) mass is 539 g/mol. The van der Waals surface area contributed by atoms with Crippen molar-refractivity contribution < 1.29 is 0 Å². The van der Waals surface area contributed by atoms with Gasteiger partial charge in [0, 0.05) is 74.9 Å². The molecule has 0 atom stereocenters. The lowest BCUT2D eigenvalue weighted by atomic mass is 10.2. The molecular formula is C21H30IN7S. The summed E-state index contributed by atoms with van der Waals surface area (Å²) in [4.78, 5) is 17.7. The molecule has 7 nitrogen and oxygen atoms in total. The average molecular weight is 539 g/mol. The first-order valence-electron chi connectivity index (χ1n) is 10.4. The molecule has 2 N–H and O–H groups in total. The van der Waals surface area contributed by atoms with Crippen LogP contribution >= 0.6 is 35.5 Å². The number of guanidine groups is 1. The minimum Gasteiger partial charge on any atom is -0.358 e. The SMILES string of the molecule is CCNC(=NCCc1cc2ccccc2[nH]1)N1CCN(c2nc(CC)ns2)CC1.I. The highest BCUT2D eigenvalue weighted by Crippen LogP contribution is 2.19. The number of hydrogen-bond acceptors (Lipinski definition) is 5. The maximum absolute atomic E-state index is 4.89. The van der Waals surface area contributed by atoms with Crippen molar-refractivity contribution in [2.45, 2.75) is 26.7 Å². The van der Waals surface area contributed by atoms with E-state index in [-0.39, 0.29) is 24.0 Å². The van der Waals surface area contributed by atoms with Gasteiger partial charge in [-0.1, -0.05) is 25.1 Å². The molecule has 0 unspecified atom stereocenters. The van der Waals surface area contributed by atoms with Crippen LogP contribution < -0.4 is 10.2 Å². The molecule has 0 radical (unpaired) electrons. The number of aliphatic imine (C=N–C) groups is 1. The van der Waals surface area contributed by atoms with Gasteiger partial charge in [-0.25, -0.2) is 4.98 Å². The van der Waals surface area contributed by atoms with Gasteiger partial charge in [0.05, 0.1) is 0 Å². The third-order valence-electron chi connectivity index (χ3n) is 5.19. The summed E-state index contributed by atoms with van der Waals surface area (Å²) >= 11 is 1.51. The van der Waals surface area contributed by atoms with Gasteiger partial charge in [-0.15, -0.1) is 24.0 Å². The summed E-state index contributed by atoms with van der Waals surface area (Å²) in [5.41, 5.74) is 2.43. The number of halogens is 1. The van der Waals surface area contributed by atoms with Crippen LogP contribution in [0.1, 0.15) is 25.4 Å². The Labute approximate surface area is 199 Å². The second-order valence-electron chi connectivity index (χ2n) is 7.19. The van der Waals surface area contributed by atoms with Crippen molar-refractivity contribution in [3.8, 4) is 0 Å². The third-order valence-corrected chi connectivity index (χ3v) is 6.00. The molecule has 1 aliphatic heterocycles. The molecule has 1 saturated heterocycles. The van der Waals surface area contributed by atoms with Crippen molar-refractivity contribution >= 4 is 57.5 Å². The van der Waals surface area contributed by atoms with E-state index in [9.17, 15) is 0 Å². The zero-order valence-corrected chi connectivity index (χ0v) is 20.7. The van der Waals surface area contributed by atoms with Gasteiger partial charge in [0.15, 0.2) is 5.96 Å². The minimum absolute atomic E-state index is 0. The van der Waals surface area contributed by atoms with E-state index in [1.165, 1.54) is 28.1 Å². The lowest BCUT2D eigenvalue weighted by Gasteiger charge is -2.36. The summed E-state index contributed by atoms with van der Waals surface area (Å²) in [6.07, 6.45) is 1.80. The number of aryl methyl sites for hydroxylation is 1. The lowest BCUT2D eigenvalue weighted by Crippen LogP contribution is -2.52. The minimum atomic E-state index is 0. The first-order chi connectivity index (χ1) is 14.3. The van der Waals surface area contributed by atoms with Crippen LogP contribution in [0.2, 0.25) is 0 Å². The Morgan fingerprint density at radius 3 is 2.70 bits per heavy atom. The summed E-state index contributed by atoms with van der Waals surface area (Å²) in [6.45, 7) is 9.65. The van der Waals surface area contributed by atoms with Crippen LogP contribution in [0.5, 0.6) is 0 Å². The molecule has 1 aliphatic rings. The van der Waals surface area contributed by atoms with Gasteiger partial charge in [0.1, 0.15) is 5.82 Å². The number of nitrogens with zero attached hydrogens (tertiary/aromatic N) is 5. The fourth-order valence-electron chi connectivity index (χ4n) is 3.60. The normalized spacial score (nSPS) is 14.8. The fourth-order valence-corrected chi connectivity index (χ4v) is 4.40. The topological polar surface area (TPSA) is 72.4 Å². The van der Waals surface area contributed by atoms with Crippen molar-refractivity contribution in [1.82, 2.24) is 24.6 Å². The smallest absolute Gasteiger partial charge is 0.205 e. The van der Waals surface area contributed by atoms with Crippen LogP contribution in [0.25, 0.3) is 10.9 Å². The van der Waals surface area contributed by atoms with Gasteiger partial charge in [0.25, 0.3) is 0 Å². The molecule has 0 spiro atoms. The van der Waals surface area contributed by atoms with Crippen LogP contribution in [0, 0.1) is 0 Å². The van der Waals surface area contributed by atoms with Crippen LogP contribution in [0.4, 0.5) is 5.13 Å². The highest BCUT2D eigenvalue weighted by Gasteiger charge is 2.22. The highest BCUT2D eigenvalue weighted by atomic mass is 127. The van der Waals surface area contributed by atoms with Gasteiger partial charge in [-0.3, -0.25) is 4.99 Å². The second kappa shape index (κ2) is 10.9. The van der Waals surface area contributed by atoms with Crippen molar-refractivity contribution in [3.63, 3.8) is 0 Å². The Kier molecular flexibility index (Phi) is 8.32. The summed E-state index contributed by atoms with van der Waals surface area (Å²) in [5.74, 6) is 1.95. The number of aromatic amines is 1. The van der Waals surface area contributed by atoms with Crippen molar-refractivity contribution in [2.24, 2.45) is 4.99 Å². The number of aromatic nitrogens is 3. The molecule has 9 heteroatoms. The van der Waals surface area contributed by atoms with E-state index in [4.69, 9.17) is 4.99 Å². The van der Waals surface area contributed by atoms with Crippen molar-refractivity contribution in [2.75, 3.05) is 44.2 Å². The van der Waals surface area contributed by atoms with Gasteiger partial charge in [-0.2, -0.15) is 4.37 Å². The lowest BCUT2D eigenvalue weighted by molar-refractivity contribution is 0.372. The van der Waals surface area contributed by atoms with Gasteiger partial charge >= 0.3 is 0 Å². The molecule has 1 aromatic carbocycles. The summed E-state index contributed by atoms with van der Waals surface area (Å²) in [6, 6.07) is 10.6. The standard InChI is InChI=1S/C21H29N7S.HI/c1-3-19-25-21(29-26-19)28-13-11-27(12-14-28)20(22-4-2)23-10-9-17-15-16-7-5-6-8-18(16)24-17;/h5-8,15,24H,3-4,9-14H2,1-2H3,(H,22,23);1H. The molecule has 0 bridgehead atoms. The van der Waals surface area contributed by atoms with Crippen LogP contribution in [0.15, 0.2) is 35.3 Å². The van der Waals surface area contributed by atoms with Crippen LogP contribution in [-0.4, -0.2) is 64.5 Å². The van der Waals surface area contributed by atoms with Gasteiger partial charge < -0.3 is 20.1 Å². The molecule has 0 aliphatic carbocycles. The molecule has 0 saturated carbocycles. The molecule has 1 fully saturated rings. The summed E-state index contributed by atoms with van der Waals surface area (Å²) < 4.78 is 4.41. The van der Waals surface area contributed by atoms with E-state index in [0.717, 1.165) is 69.0 Å². The molecule has 3 heterocycles. The maximum atomic E-state index is 4.89. The number of fused-ring (bicyclic) bond motifs is 1. The molecule has 4 rings (SSSR count). The predicted molar refractivity (Wildman–Crippen MR) is 136 cm³/mol. The predicted octanol–water partition coefficient (Wildman–Crippen LogP) is 3.53. The molecule has 2 aromatic heterocycles. The third kappa shape index (κ3) is 5.42. The van der Waals surface area contributed by atoms with Crippen molar-refractivity contribution in [1.29, 1.82) is 0 Å². The zero-order chi connectivity index (χ0) is 20.1. The second-order valence-corrected chi connectivity index (χ2v) is 7.92. The number of hydrogen-bond donors (Lipinski definition) is 2. The van der Waals surface area contributed by atoms with E-state index in [0.29, 0.717) is 0 Å². The van der Waals surface area contributed by atoms with Gasteiger partial charge in [0.2, 0.25) is 5.13 Å². The first-order valence-corrected chi connectivity index (χ1v) is 11.2. The van der Waals surface area contributed by atoms with Crippen LogP contribution in [0.3, 0.4) is 0 Å². The number of H-pyrrole nitrogens is 1. The van der Waals surface area contributed by atoms with E-state index in [1.807, 2.05) is 0 Å². The quantitative estimate of drug-likeness (QED) is 0.285. The number of anilines is 1. The Bertz CT molecular complexity index is 926. The van der Waals surface area contributed by atoms with E-state index >= 15 is 0 Å². The van der Waals surface area contributed by atoms with Gasteiger partial charge in [-0.05, 0) is 24.4 Å². The average Bonchev–Trinajstić information content (AvgIpc) is 3.40. The number of nitrogens with one attached hydrogen (secondary N) is 2. The molecule has 3 aromatic rings. The number of piperazine rings is 1. The van der Waals surface area contributed by atoms with Crippen LogP contribution in [-0.2, 0) is 12.8 Å². The van der Waals surface area contributed by atoms with Crippen molar-refractivity contribution in [3.05, 3.63) is 41.9 Å². The molecule has 162 valence electrons. The van der Waals surface area contributed by atoms with E-state index in [1.54, 1.807) is 0 Å². The number of benzene rings is 1. The zero-order valence-electron chi connectivity index (χ0n) is 17.6. The van der Waals surface area contributed by atoms with E-state index < -0.39 is 0 Å². The number of rotatable bonds is 6. The largest absolute Gasteiger partial charge is 0.358 e. The summed E-state index contributed by atoms with van der Waals surface area (Å²) in [7, 11) is 0. The first kappa shape index (κ1) is 22.8. The maximum Gasteiger partial charge on any atom is 0.205 e.